The average molecular weight is 523 g/mol. The molecule has 0 amide bonds. The first-order valence-corrected chi connectivity index (χ1v) is 14.2. The molecule has 6 nitrogen and oxygen atoms in total. The van der Waals surface area contributed by atoms with E-state index in [4.69, 9.17) is 16.6 Å². The van der Waals surface area contributed by atoms with E-state index in [0.29, 0.717) is 33.7 Å². The van der Waals surface area contributed by atoms with E-state index >= 15 is 0 Å². The number of benzene rings is 2. The molecule has 0 aliphatic heterocycles. The molecule has 0 spiro atoms. The predicted molar refractivity (Wildman–Crippen MR) is 146 cm³/mol. The Labute approximate surface area is 217 Å². The van der Waals surface area contributed by atoms with E-state index in [0.717, 1.165) is 18.2 Å². The van der Waals surface area contributed by atoms with Crippen molar-refractivity contribution in [2.24, 2.45) is 11.3 Å². The highest BCUT2D eigenvalue weighted by Crippen LogP contribution is 2.39. The van der Waals surface area contributed by atoms with Crippen LogP contribution in [0.3, 0.4) is 0 Å². The summed E-state index contributed by atoms with van der Waals surface area (Å²) in [6.45, 7) is 6.91. The Hall–Kier alpha value is -2.90. The van der Waals surface area contributed by atoms with Crippen LogP contribution in [0, 0.1) is 11.3 Å². The molecular weight excluding hydrogens is 492 g/mol. The predicted octanol–water partition coefficient (Wildman–Crippen LogP) is 7.01. The van der Waals surface area contributed by atoms with Crippen LogP contribution in [0.2, 0.25) is 5.02 Å². The van der Waals surface area contributed by atoms with Crippen LogP contribution in [0.5, 0.6) is 0 Å². The second-order valence-electron chi connectivity index (χ2n) is 10.6. The molecule has 1 aliphatic carbocycles. The SMILES string of the molecule is CC(C)(C)[C@H]1CCC[C@@H](Nc2ncc(Cl)c(-c3cn(S(=O)(=O)c4ccccc4)c4ccccc34)n2)C1. The van der Waals surface area contributed by atoms with Crippen LogP contribution in [0.15, 0.2) is 71.9 Å². The van der Waals surface area contributed by atoms with E-state index in [1.807, 2.05) is 18.2 Å². The molecule has 1 saturated carbocycles. The zero-order valence-corrected chi connectivity index (χ0v) is 22.4. The Morgan fingerprint density at radius 3 is 2.50 bits per heavy atom. The number of nitrogens with one attached hydrogen (secondary N) is 1. The monoisotopic (exact) mass is 522 g/mol. The smallest absolute Gasteiger partial charge is 0.268 e. The number of hydrogen-bond acceptors (Lipinski definition) is 5. The number of aromatic nitrogens is 3. The third-order valence-corrected chi connectivity index (χ3v) is 9.17. The quantitative estimate of drug-likeness (QED) is 0.305. The van der Waals surface area contributed by atoms with Gasteiger partial charge in [-0.2, -0.15) is 0 Å². The number of rotatable bonds is 5. The molecule has 36 heavy (non-hydrogen) atoms. The summed E-state index contributed by atoms with van der Waals surface area (Å²) < 4.78 is 28.3. The maximum absolute atomic E-state index is 13.5. The fourth-order valence-electron chi connectivity index (χ4n) is 5.16. The molecule has 1 N–H and O–H groups in total. The van der Waals surface area contributed by atoms with Gasteiger partial charge in [-0.15, -0.1) is 0 Å². The fraction of sp³-hybridized carbons (Fsp3) is 0.357. The second kappa shape index (κ2) is 9.52. The lowest BCUT2D eigenvalue weighted by Gasteiger charge is -2.38. The summed E-state index contributed by atoms with van der Waals surface area (Å²) in [5.41, 5.74) is 1.99. The van der Waals surface area contributed by atoms with Crippen LogP contribution in [0.25, 0.3) is 22.2 Å². The highest BCUT2D eigenvalue weighted by molar-refractivity contribution is 7.90. The third kappa shape index (κ3) is 4.74. The molecule has 4 aromatic rings. The molecular formula is C28H31ClN4O2S. The number of anilines is 1. The van der Waals surface area contributed by atoms with Crippen molar-refractivity contribution in [1.82, 2.24) is 13.9 Å². The van der Waals surface area contributed by atoms with Gasteiger partial charge >= 0.3 is 0 Å². The molecule has 0 saturated heterocycles. The molecule has 0 radical (unpaired) electrons. The Morgan fingerprint density at radius 2 is 1.75 bits per heavy atom. The number of halogens is 1. The summed E-state index contributed by atoms with van der Waals surface area (Å²) in [6, 6.07) is 16.1. The lowest BCUT2D eigenvalue weighted by Crippen LogP contribution is -2.33. The number of para-hydroxylation sites is 1. The van der Waals surface area contributed by atoms with Gasteiger partial charge in [-0.1, -0.05) is 75.2 Å². The van der Waals surface area contributed by atoms with Gasteiger partial charge in [0.05, 0.1) is 27.3 Å². The van der Waals surface area contributed by atoms with Crippen molar-refractivity contribution in [2.75, 3.05) is 5.32 Å². The molecule has 0 bridgehead atoms. The minimum atomic E-state index is -3.80. The number of nitrogens with zero attached hydrogens (tertiary/aromatic N) is 3. The summed E-state index contributed by atoms with van der Waals surface area (Å²) in [5.74, 6) is 1.15. The van der Waals surface area contributed by atoms with Gasteiger partial charge in [-0.05, 0) is 48.8 Å². The Kier molecular flexibility index (Phi) is 6.55. The van der Waals surface area contributed by atoms with E-state index in [2.05, 4.69) is 31.1 Å². The van der Waals surface area contributed by atoms with E-state index in [9.17, 15) is 8.42 Å². The summed E-state index contributed by atoms with van der Waals surface area (Å²) >= 11 is 6.59. The molecule has 1 fully saturated rings. The second-order valence-corrected chi connectivity index (χ2v) is 12.9. The first-order chi connectivity index (χ1) is 17.1. The van der Waals surface area contributed by atoms with Crippen LogP contribution in [0.1, 0.15) is 46.5 Å². The van der Waals surface area contributed by atoms with Crippen molar-refractivity contribution >= 4 is 38.5 Å². The van der Waals surface area contributed by atoms with Crippen molar-refractivity contribution in [3.8, 4) is 11.3 Å². The fourth-order valence-corrected chi connectivity index (χ4v) is 6.74. The van der Waals surface area contributed by atoms with Crippen molar-refractivity contribution < 1.29 is 8.42 Å². The number of fused-ring (bicyclic) bond motifs is 1. The maximum atomic E-state index is 13.5. The van der Waals surface area contributed by atoms with E-state index in [1.54, 1.807) is 48.8 Å². The van der Waals surface area contributed by atoms with Crippen LogP contribution in [-0.4, -0.2) is 28.4 Å². The molecule has 0 unspecified atom stereocenters. The van der Waals surface area contributed by atoms with Gasteiger partial charge < -0.3 is 5.32 Å². The minimum absolute atomic E-state index is 0.221. The van der Waals surface area contributed by atoms with Crippen LogP contribution in [0.4, 0.5) is 5.95 Å². The molecule has 188 valence electrons. The standard InChI is InChI=1S/C28H31ClN4O2S/c1-28(2,3)19-10-9-11-20(16-19)31-27-30-17-24(29)26(32-27)23-18-33(25-15-8-7-14-22(23)25)36(34,35)21-12-5-4-6-13-21/h4-8,12-15,17-20H,9-11,16H2,1-3H3,(H,30,31,32)/t19-,20+/m0/s1. The molecule has 2 aromatic heterocycles. The van der Waals surface area contributed by atoms with Gasteiger partial charge in [0.15, 0.2) is 0 Å². The summed E-state index contributed by atoms with van der Waals surface area (Å²) in [7, 11) is -3.80. The molecule has 1 aliphatic rings. The molecule has 8 heteroatoms. The van der Waals surface area contributed by atoms with Crippen molar-refractivity contribution in [1.29, 1.82) is 0 Å². The van der Waals surface area contributed by atoms with Crippen molar-refractivity contribution in [2.45, 2.75) is 57.4 Å². The maximum Gasteiger partial charge on any atom is 0.268 e. The van der Waals surface area contributed by atoms with Crippen LogP contribution < -0.4 is 5.32 Å². The Bertz CT molecular complexity index is 1490. The molecule has 2 heterocycles. The molecule has 2 aromatic carbocycles. The number of hydrogen-bond donors (Lipinski definition) is 1. The summed E-state index contributed by atoms with van der Waals surface area (Å²) in [5, 5.41) is 4.66. The highest BCUT2D eigenvalue weighted by Gasteiger charge is 2.31. The van der Waals surface area contributed by atoms with Crippen LogP contribution in [-0.2, 0) is 10.0 Å². The average Bonchev–Trinajstić information content (AvgIpc) is 3.26. The summed E-state index contributed by atoms with van der Waals surface area (Å²) in [4.78, 5) is 9.45. The van der Waals surface area contributed by atoms with E-state index in [1.165, 1.54) is 16.8 Å². The first-order valence-electron chi connectivity index (χ1n) is 12.3. The van der Waals surface area contributed by atoms with Gasteiger partial charge in [0, 0.05) is 23.2 Å². The van der Waals surface area contributed by atoms with Gasteiger partial charge in [-0.25, -0.2) is 22.4 Å². The van der Waals surface area contributed by atoms with Gasteiger partial charge in [-0.3, -0.25) is 0 Å². The van der Waals surface area contributed by atoms with Gasteiger partial charge in [0.25, 0.3) is 10.0 Å². The highest BCUT2D eigenvalue weighted by atomic mass is 35.5. The van der Waals surface area contributed by atoms with Crippen molar-refractivity contribution in [3.63, 3.8) is 0 Å². The molecule has 2 atom stereocenters. The van der Waals surface area contributed by atoms with E-state index in [-0.39, 0.29) is 16.4 Å². The first kappa shape index (κ1) is 24.8. The Balaban J connectivity index is 1.54. The lowest BCUT2D eigenvalue weighted by molar-refractivity contribution is 0.171. The van der Waals surface area contributed by atoms with Gasteiger partial charge in [0.1, 0.15) is 0 Å². The topological polar surface area (TPSA) is 76.9 Å². The third-order valence-electron chi connectivity index (χ3n) is 7.21. The zero-order chi connectivity index (χ0) is 25.5. The van der Waals surface area contributed by atoms with Gasteiger partial charge in [0.2, 0.25) is 5.95 Å². The lowest BCUT2D eigenvalue weighted by atomic mass is 9.71. The normalized spacial score (nSPS) is 18.9. The zero-order valence-electron chi connectivity index (χ0n) is 20.8. The van der Waals surface area contributed by atoms with Crippen molar-refractivity contribution in [3.05, 3.63) is 72.0 Å². The largest absolute Gasteiger partial charge is 0.351 e. The Morgan fingerprint density at radius 1 is 1.03 bits per heavy atom. The van der Waals surface area contributed by atoms with Crippen LogP contribution >= 0.6 is 11.6 Å². The minimum Gasteiger partial charge on any atom is -0.351 e. The summed E-state index contributed by atoms with van der Waals surface area (Å²) in [6.07, 6.45) is 7.76. The molecule has 5 rings (SSSR count). The van der Waals surface area contributed by atoms with E-state index < -0.39 is 10.0 Å².